The van der Waals surface area contributed by atoms with Crippen LogP contribution in [0.3, 0.4) is 0 Å². The molecule has 39 heavy (non-hydrogen) atoms. The molecule has 0 atom stereocenters. The van der Waals surface area contributed by atoms with Gasteiger partial charge in [0.05, 0.1) is 0 Å². The first-order valence-corrected chi connectivity index (χ1v) is 14.6. The van der Waals surface area contributed by atoms with Gasteiger partial charge in [0.2, 0.25) is 0 Å². The number of halogens is 1. The van der Waals surface area contributed by atoms with Crippen molar-refractivity contribution in [2.45, 2.75) is 52.7 Å². The topological polar surface area (TPSA) is 49.4 Å². The van der Waals surface area contributed by atoms with Crippen molar-refractivity contribution >= 4 is 27.7 Å². The lowest BCUT2D eigenvalue weighted by molar-refractivity contribution is 0.0766. The molecule has 2 aliphatic heterocycles. The number of alkyl halides is 1. The highest BCUT2D eigenvalue weighted by molar-refractivity contribution is 9.08. The van der Waals surface area contributed by atoms with Gasteiger partial charge in [-0.1, -0.05) is 141 Å². The Morgan fingerprint density at radius 3 is 1.64 bits per heavy atom. The zero-order chi connectivity index (χ0) is 28.5. The fourth-order valence-corrected chi connectivity index (χ4v) is 4.35. The normalized spacial score (nSPS) is 12.0. The van der Waals surface area contributed by atoms with Crippen molar-refractivity contribution < 1.29 is 9.59 Å². The number of carbonyl (C=O) groups excluding carboxylic acids is 2. The Labute approximate surface area is 242 Å². The summed E-state index contributed by atoms with van der Waals surface area (Å²) in [6, 6.07) is 35.8. The van der Waals surface area contributed by atoms with E-state index in [9.17, 15) is 9.59 Å². The van der Waals surface area contributed by atoms with Gasteiger partial charge in [0.25, 0.3) is 11.8 Å². The minimum atomic E-state index is 0.0515. The van der Waals surface area contributed by atoms with Crippen LogP contribution in [0.5, 0.6) is 0 Å². The SMILES string of the molecule is BrCc1ccccc1.CC.CC.O=C1NCc2ccccc21.O=C1c2ccccc2CN1Cc1ccccc1. The van der Waals surface area contributed by atoms with Crippen LogP contribution in [0.1, 0.15) is 70.7 Å². The standard InChI is InChI=1S/C15H13NO.C8H7NO.C7H7Br.2C2H6/c17-15-14-9-5-4-8-13(14)11-16(15)10-12-6-2-1-3-7-12;10-8-7-4-2-1-3-6(7)5-9-8;8-6-7-4-2-1-3-5-7;2*1-2/h1-9H,10-11H2;1-4H,5H2,(H,9,10);1-5H,6H2;2*1-2H3. The Morgan fingerprint density at radius 2 is 1.13 bits per heavy atom. The first-order chi connectivity index (χ1) is 19.2. The van der Waals surface area contributed by atoms with Crippen molar-refractivity contribution in [1.29, 1.82) is 0 Å². The summed E-state index contributed by atoms with van der Waals surface area (Å²) in [5, 5.41) is 3.70. The van der Waals surface area contributed by atoms with Gasteiger partial charge in [0, 0.05) is 36.1 Å². The first kappa shape index (κ1) is 31.5. The number of nitrogens with one attached hydrogen (secondary N) is 1. The number of fused-ring (bicyclic) bond motifs is 2. The average molecular weight is 588 g/mol. The van der Waals surface area contributed by atoms with E-state index in [1.54, 1.807) is 0 Å². The van der Waals surface area contributed by atoms with E-state index >= 15 is 0 Å². The van der Waals surface area contributed by atoms with Crippen LogP contribution < -0.4 is 5.32 Å². The van der Waals surface area contributed by atoms with Crippen LogP contribution in [-0.4, -0.2) is 16.7 Å². The number of amides is 2. The quantitative estimate of drug-likeness (QED) is 0.245. The molecule has 6 rings (SSSR count). The molecule has 0 aliphatic carbocycles. The van der Waals surface area contributed by atoms with Gasteiger partial charge < -0.3 is 10.2 Å². The summed E-state index contributed by atoms with van der Waals surface area (Å²) in [6.45, 7) is 10.1. The molecule has 4 nitrogen and oxygen atoms in total. The second-order valence-corrected chi connectivity index (χ2v) is 8.82. The van der Waals surface area contributed by atoms with E-state index in [0.29, 0.717) is 13.1 Å². The number of rotatable bonds is 3. The van der Waals surface area contributed by atoms with Gasteiger partial charge in [-0.15, -0.1) is 0 Å². The maximum Gasteiger partial charge on any atom is 0.254 e. The number of nitrogens with zero attached hydrogens (tertiary/aromatic N) is 1. The molecular weight excluding hydrogens is 548 g/mol. The monoisotopic (exact) mass is 586 g/mol. The Morgan fingerprint density at radius 1 is 0.641 bits per heavy atom. The molecule has 0 spiro atoms. The van der Waals surface area contributed by atoms with Crippen molar-refractivity contribution in [1.82, 2.24) is 10.2 Å². The summed E-state index contributed by atoms with van der Waals surface area (Å²) < 4.78 is 0. The molecule has 4 aromatic rings. The Kier molecular flexibility index (Phi) is 14.3. The summed E-state index contributed by atoms with van der Waals surface area (Å²) >= 11 is 3.36. The minimum absolute atomic E-state index is 0.0515. The van der Waals surface area contributed by atoms with Crippen LogP contribution in [0.25, 0.3) is 0 Å². The van der Waals surface area contributed by atoms with Crippen molar-refractivity contribution in [2.24, 2.45) is 0 Å². The fraction of sp³-hybridized carbons (Fsp3) is 0.235. The van der Waals surface area contributed by atoms with Gasteiger partial charge in [-0.2, -0.15) is 0 Å². The lowest BCUT2D eigenvalue weighted by Gasteiger charge is -2.15. The van der Waals surface area contributed by atoms with Crippen molar-refractivity contribution in [2.75, 3.05) is 0 Å². The molecule has 0 radical (unpaired) electrons. The van der Waals surface area contributed by atoms with Crippen LogP contribution in [0.2, 0.25) is 0 Å². The third-order valence-electron chi connectivity index (χ3n) is 5.81. The predicted octanol–water partition coefficient (Wildman–Crippen LogP) is 8.41. The fourth-order valence-electron chi connectivity index (χ4n) is 3.98. The third-order valence-corrected chi connectivity index (χ3v) is 6.46. The van der Waals surface area contributed by atoms with Gasteiger partial charge in [0.1, 0.15) is 0 Å². The maximum atomic E-state index is 12.1. The number of benzene rings is 4. The van der Waals surface area contributed by atoms with Crippen LogP contribution in [0, 0.1) is 0 Å². The number of hydrogen-bond donors (Lipinski definition) is 1. The van der Waals surface area contributed by atoms with Crippen molar-refractivity contribution in [3.63, 3.8) is 0 Å². The zero-order valence-corrected chi connectivity index (χ0v) is 24.9. The van der Waals surface area contributed by atoms with Gasteiger partial charge in [-0.3, -0.25) is 9.59 Å². The van der Waals surface area contributed by atoms with Crippen LogP contribution in [0.4, 0.5) is 0 Å². The highest BCUT2D eigenvalue weighted by Gasteiger charge is 2.26. The smallest absolute Gasteiger partial charge is 0.254 e. The molecule has 4 aromatic carbocycles. The molecule has 2 amide bonds. The molecule has 5 heteroatoms. The summed E-state index contributed by atoms with van der Waals surface area (Å²) in [5.41, 5.74) is 6.41. The average Bonchev–Trinajstić information content (AvgIpc) is 3.56. The highest BCUT2D eigenvalue weighted by atomic mass is 79.9. The molecule has 0 saturated heterocycles. The number of carbonyl (C=O) groups is 2. The molecule has 0 fully saturated rings. The Balaban J connectivity index is 0.000000207. The molecule has 2 aliphatic rings. The highest BCUT2D eigenvalue weighted by Crippen LogP contribution is 2.23. The van der Waals surface area contributed by atoms with Gasteiger partial charge >= 0.3 is 0 Å². The van der Waals surface area contributed by atoms with Crippen molar-refractivity contribution in [3.05, 3.63) is 143 Å². The van der Waals surface area contributed by atoms with E-state index in [1.165, 1.54) is 11.1 Å². The van der Waals surface area contributed by atoms with Gasteiger partial charge in [-0.05, 0) is 34.4 Å². The second kappa shape index (κ2) is 17.7. The summed E-state index contributed by atoms with van der Waals surface area (Å²) in [5.74, 6) is 0.194. The summed E-state index contributed by atoms with van der Waals surface area (Å²) in [6.07, 6.45) is 0. The predicted molar refractivity (Wildman–Crippen MR) is 166 cm³/mol. The van der Waals surface area contributed by atoms with E-state index in [4.69, 9.17) is 0 Å². The van der Waals surface area contributed by atoms with Gasteiger partial charge in [-0.25, -0.2) is 0 Å². The van der Waals surface area contributed by atoms with E-state index in [-0.39, 0.29) is 11.8 Å². The van der Waals surface area contributed by atoms with E-state index < -0.39 is 0 Å². The Hall–Kier alpha value is -3.70. The van der Waals surface area contributed by atoms with E-state index in [0.717, 1.165) is 34.1 Å². The summed E-state index contributed by atoms with van der Waals surface area (Å²) in [7, 11) is 0. The Bertz CT molecular complexity index is 1280. The number of hydrogen-bond acceptors (Lipinski definition) is 2. The minimum Gasteiger partial charge on any atom is -0.348 e. The summed E-state index contributed by atoms with van der Waals surface area (Å²) in [4.78, 5) is 25.0. The molecule has 0 saturated carbocycles. The van der Waals surface area contributed by atoms with Crippen molar-refractivity contribution in [3.8, 4) is 0 Å². The third kappa shape index (κ3) is 9.52. The van der Waals surface area contributed by atoms with Crippen LogP contribution in [0.15, 0.2) is 109 Å². The second-order valence-electron chi connectivity index (χ2n) is 8.26. The lowest BCUT2D eigenvalue weighted by atomic mass is 10.1. The van der Waals surface area contributed by atoms with E-state index in [2.05, 4.69) is 45.5 Å². The van der Waals surface area contributed by atoms with E-state index in [1.807, 2.05) is 118 Å². The zero-order valence-electron chi connectivity index (χ0n) is 23.4. The molecule has 2 heterocycles. The maximum absolute atomic E-state index is 12.1. The molecule has 1 N–H and O–H groups in total. The van der Waals surface area contributed by atoms with Gasteiger partial charge in [0.15, 0.2) is 0 Å². The van der Waals surface area contributed by atoms with Crippen LogP contribution >= 0.6 is 15.9 Å². The molecule has 204 valence electrons. The lowest BCUT2D eigenvalue weighted by Crippen LogP contribution is -2.23. The molecule has 0 bridgehead atoms. The molecular formula is C34H39BrN2O2. The first-order valence-electron chi connectivity index (χ1n) is 13.5. The molecule has 0 unspecified atom stereocenters. The largest absolute Gasteiger partial charge is 0.348 e. The van der Waals surface area contributed by atoms with Crippen LogP contribution in [-0.2, 0) is 25.0 Å². The molecule has 0 aromatic heterocycles.